The first kappa shape index (κ1) is 16.5. The standard InChI is InChI=1S/C18H20N2O3/c1-12-9-15(16(23-3)10-13(12)2)20-17(21)11-19-18(22)14-7-5-4-6-8-14/h4-10H,11H2,1-3H3,(H,19,22)(H,20,21). The number of benzene rings is 2. The Balaban J connectivity index is 1.98. The van der Waals surface area contributed by atoms with E-state index in [-0.39, 0.29) is 18.4 Å². The van der Waals surface area contributed by atoms with Crippen LogP contribution in [0.25, 0.3) is 0 Å². The molecule has 2 aromatic carbocycles. The molecule has 5 heteroatoms. The number of ether oxygens (including phenoxy) is 1. The fourth-order valence-electron chi connectivity index (χ4n) is 2.10. The van der Waals surface area contributed by atoms with E-state index >= 15 is 0 Å². The quantitative estimate of drug-likeness (QED) is 0.892. The van der Waals surface area contributed by atoms with Crippen molar-refractivity contribution in [3.05, 3.63) is 59.2 Å². The molecule has 0 spiro atoms. The molecule has 2 amide bonds. The molecule has 0 atom stereocenters. The monoisotopic (exact) mass is 312 g/mol. The summed E-state index contributed by atoms with van der Waals surface area (Å²) in [6, 6.07) is 12.5. The van der Waals surface area contributed by atoms with Crippen molar-refractivity contribution < 1.29 is 14.3 Å². The van der Waals surface area contributed by atoms with Crippen LogP contribution in [0.4, 0.5) is 5.69 Å². The van der Waals surface area contributed by atoms with Gasteiger partial charge in [-0.1, -0.05) is 18.2 Å². The number of carbonyl (C=O) groups excluding carboxylic acids is 2. The summed E-state index contributed by atoms with van der Waals surface area (Å²) < 4.78 is 5.27. The van der Waals surface area contributed by atoms with E-state index in [1.807, 2.05) is 32.0 Å². The number of nitrogens with one attached hydrogen (secondary N) is 2. The van der Waals surface area contributed by atoms with Crippen LogP contribution in [0.1, 0.15) is 21.5 Å². The molecule has 2 N–H and O–H groups in total. The molecule has 0 aliphatic heterocycles. The first-order valence-corrected chi connectivity index (χ1v) is 7.29. The molecule has 2 rings (SSSR count). The van der Waals surface area contributed by atoms with Crippen molar-refractivity contribution in [3.8, 4) is 5.75 Å². The third-order valence-corrected chi connectivity index (χ3v) is 3.54. The number of anilines is 1. The highest BCUT2D eigenvalue weighted by Gasteiger charge is 2.11. The van der Waals surface area contributed by atoms with Crippen LogP contribution in [-0.2, 0) is 4.79 Å². The lowest BCUT2D eigenvalue weighted by Crippen LogP contribution is -2.32. The first-order chi connectivity index (χ1) is 11.0. The van der Waals surface area contributed by atoms with Gasteiger partial charge in [0, 0.05) is 5.56 Å². The van der Waals surface area contributed by atoms with Gasteiger partial charge in [0.1, 0.15) is 5.75 Å². The van der Waals surface area contributed by atoms with Gasteiger partial charge in [0.25, 0.3) is 5.91 Å². The Morgan fingerprint density at radius 2 is 1.70 bits per heavy atom. The first-order valence-electron chi connectivity index (χ1n) is 7.29. The Bertz CT molecular complexity index is 712. The van der Waals surface area contributed by atoms with E-state index in [4.69, 9.17) is 4.74 Å². The zero-order valence-corrected chi connectivity index (χ0v) is 13.5. The predicted octanol–water partition coefficient (Wildman–Crippen LogP) is 2.68. The molecular weight excluding hydrogens is 292 g/mol. The normalized spacial score (nSPS) is 10.0. The van der Waals surface area contributed by atoms with Crippen LogP contribution in [0.3, 0.4) is 0 Å². The van der Waals surface area contributed by atoms with Gasteiger partial charge in [-0.3, -0.25) is 9.59 Å². The van der Waals surface area contributed by atoms with Crippen molar-refractivity contribution in [1.29, 1.82) is 0 Å². The Kier molecular flexibility index (Phi) is 5.36. The fraction of sp³-hybridized carbons (Fsp3) is 0.222. The van der Waals surface area contributed by atoms with Gasteiger partial charge in [-0.05, 0) is 49.2 Å². The van der Waals surface area contributed by atoms with Crippen molar-refractivity contribution in [2.75, 3.05) is 19.0 Å². The smallest absolute Gasteiger partial charge is 0.251 e. The third-order valence-electron chi connectivity index (χ3n) is 3.54. The summed E-state index contributed by atoms with van der Waals surface area (Å²) in [5.41, 5.74) is 3.24. The average molecular weight is 312 g/mol. The van der Waals surface area contributed by atoms with Gasteiger partial charge in [-0.2, -0.15) is 0 Å². The van der Waals surface area contributed by atoms with Gasteiger partial charge in [-0.25, -0.2) is 0 Å². The molecule has 0 heterocycles. The van der Waals surface area contributed by atoms with E-state index in [0.29, 0.717) is 17.0 Å². The average Bonchev–Trinajstić information content (AvgIpc) is 2.56. The molecule has 5 nitrogen and oxygen atoms in total. The van der Waals surface area contributed by atoms with Crippen molar-refractivity contribution >= 4 is 17.5 Å². The number of amides is 2. The third kappa shape index (κ3) is 4.32. The largest absolute Gasteiger partial charge is 0.495 e. The molecule has 23 heavy (non-hydrogen) atoms. The molecule has 2 aromatic rings. The lowest BCUT2D eigenvalue weighted by atomic mass is 10.1. The van der Waals surface area contributed by atoms with Crippen LogP contribution in [0.15, 0.2) is 42.5 Å². The minimum atomic E-state index is -0.309. The van der Waals surface area contributed by atoms with E-state index < -0.39 is 0 Å². The van der Waals surface area contributed by atoms with Crippen LogP contribution in [0.5, 0.6) is 5.75 Å². The van der Waals surface area contributed by atoms with Gasteiger partial charge in [0.05, 0.1) is 19.3 Å². The van der Waals surface area contributed by atoms with Crippen molar-refractivity contribution in [2.45, 2.75) is 13.8 Å². The summed E-state index contributed by atoms with van der Waals surface area (Å²) in [6.07, 6.45) is 0. The maximum absolute atomic E-state index is 12.0. The summed E-state index contributed by atoms with van der Waals surface area (Å²) in [7, 11) is 1.55. The molecule has 0 unspecified atom stereocenters. The Labute approximate surface area is 135 Å². The zero-order chi connectivity index (χ0) is 16.8. The minimum Gasteiger partial charge on any atom is -0.495 e. The number of methoxy groups -OCH3 is 1. The van der Waals surface area contributed by atoms with E-state index in [2.05, 4.69) is 10.6 Å². The van der Waals surface area contributed by atoms with Crippen LogP contribution in [0, 0.1) is 13.8 Å². The van der Waals surface area contributed by atoms with Crippen molar-refractivity contribution in [1.82, 2.24) is 5.32 Å². The summed E-state index contributed by atoms with van der Waals surface area (Å²) in [6.45, 7) is 3.83. The van der Waals surface area contributed by atoms with E-state index in [0.717, 1.165) is 11.1 Å². The molecule has 0 aliphatic carbocycles. The highest BCUT2D eigenvalue weighted by atomic mass is 16.5. The Hall–Kier alpha value is -2.82. The van der Waals surface area contributed by atoms with Crippen molar-refractivity contribution in [2.24, 2.45) is 0 Å². The number of hydrogen-bond acceptors (Lipinski definition) is 3. The molecule has 0 aliphatic rings. The van der Waals surface area contributed by atoms with E-state index in [1.54, 1.807) is 31.4 Å². The molecule has 0 radical (unpaired) electrons. The second-order valence-corrected chi connectivity index (χ2v) is 5.23. The van der Waals surface area contributed by atoms with Gasteiger partial charge in [0.15, 0.2) is 0 Å². The van der Waals surface area contributed by atoms with Gasteiger partial charge < -0.3 is 15.4 Å². The number of hydrogen-bond donors (Lipinski definition) is 2. The van der Waals surface area contributed by atoms with E-state index in [9.17, 15) is 9.59 Å². The Morgan fingerprint density at radius 3 is 2.35 bits per heavy atom. The lowest BCUT2D eigenvalue weighted by Gasteiger charge is -2.13. The van der Waals surface area contributed by atoms with Gasteiger partial charge in [-0.15, -0.1) is 0 Å². The second-order valence-electron chi connectivity index (χ2n) is 5.23. The summed E-state index contributed by atoms with van der Waals surface area (Å²) in [5, 5.41) is 5.35. The summed E-state index contributed by atoms with van der Waals surface area (Å²) in [4.78, 5) is 23.9. The topological polar surface area (TPSA) is 67.4 Å². The molecule has 0 saturated carbocycles. The Morgan fingerprint density at radius 1 is 1.04 bits per heavy atom. The fourth-order valence-corrected chi connectivity index (χ4v) is 2.10. The van der Waals surface area contributed by atoms with Gasteiger partial charge in [0.2, 0.25) is 5.91 Å². The highest BCUT2D eigenvalue weighted by Crippen LogP contribution is 2.27. The lowest BCUT2D eigenvalue weighted by molar-refractivity contribution is -0.115. The molecule has 0 fully saturated rings. The number of aryl methyl sites for hydroxylation is 2. The molecular formula is C18H20N2O3. The number of rotatable bonds is 5. The zero-order valence-electron chi connectivity index (χ0n) is 13.5. The van der Waals surface area contributed by atoms with Gasteiger partial charge >= 0.3 is 0 Å². The highest BCUT2D eigenvalue weighted by molar-refractivity contribution is 5.99. The maximum atomic E-state index is 12.0. The molecule has 0 aromatic heterocycles. The summed E-state index contributed by atoms with van der Waals surface area (Å²) >= 11 is 0. The van der Waals surface area contributed by atoms with Crippen LogP contribution >= 0.6 is 0 Å². The molecule has 120 valence electrons. The predicted molar refractivity (Wildman–Crippen MR) is 89.9 cm³/mol. The maximum Gasteiger partial charge on any atom is 0.251 e. The van der Waals surface area contributed by atoms with Crippen LogP contribution < -0.4 is 15.4 Å². The van der Waals surface area contributed by atoms with Crippen LogP contribution in [0.2, 0.25) is 0 Å². The summed E-state index contributed by atoms with van der Waals surface area (Å²) in [5.74, 6) is -0.000489. The molecule has 0 bridgehead atoms. The number of carbonyl (C=O) groups is 2. The van der Waals surface area contributed by atoms with Crippen LogP contribution in [-0.4, -0.2) is 25.5 Å². The minimum absolute atomic E-state index is 0.107. The second kappa shape index (κ2) is 7.45. The molecule has 0 saturated heterocycles. The van der Waals surface area contributed by atoms with Crippen molar-refractivity contribution in [3.63, 3.8) is 0 Å². The van der Waals surface area contributed by atoms with E-state index in [1.165, 1.54) is 0 Å². The SMILES string of the molecule is COc1cc(C)c(C)cc1NC(=O)CNC(=O)c1ccccc1.